The van der Waals surface area contributed by atoms with Crippen LogP contribution >= 0.6 is 34.7 Å². The normalized spacial score (nSPS) is 13.4. The van der Waals surface area contributed by atoms with E-state index in [0.717, 1.165) is 47.0 Å². The van der Waals surface area contributed by atoms with Crippen LogP contribution in [0.3, 0.4) is 0 Å². The van der Waals surface area contributed by atoms with Crippen molar-refractivity contribution in [3.05, 3.63) is 49.1 Å². The molecule has 0 unspecified atom stereocenters. The molecule has 0 spiro atoms. The van der Waals surface area contributed by atoms with Gasteiger partial charge in [-0.15, -0.1) is 11.3 Å². The molecule has 2 heterocycles. The number of halogens is 1. The molecule has 0 aliphatic heterocycles. The Morgan fingerprint density at radius 3 is 2.84 bits per heavy atom. The second-order valence-corrected chi connectivity index (χ2v) is 10.4. The largest absolute Gasteiger partial charge is 0.383 e. The monoisotopic (exact) mass is 491 g/mol. The molecule has 0 fully saturated rings. The van der Waals surface area contributed by atoms with Gasteiger partial charge in [-0.2, -0.15) is 0 Å². The van der Waals surface area contributed by atoms with Crippen molar-refractivity contribution in [2.75, 3.05) is 24.8 Å². The fraction of sp³-hybridized carbons (Fsp3) is 0.435. The molecule has 4 rings (SSSR count). The number of thioether (sulfide) groups is 1. The molecule has 0 atom stereocenters. The quantitative estimate of drug-likeness (QED) is 0.372. The van der Waals surface area contributed by atoms with Crippen molar-refractivity contribution in [1.29, 1.82) is 0 Å². The predicted molar refractivity (Wildman–Crippen MR) is 133 cm³/mol. The molecule has 32 heavy (non-hydrogen) atoms. The number of fused-ring (bicyclic) bond motifs is 3. The lowest BCUT2D eigenvalue weighted by Gasteiger charge is -2.14. The average molecular weight is 492 g/mol. The number of nitrogens with zero attached hydrogens (tertiary/aromatic N) is 2. The molecule has 0 bridgehead atoms. The minimum absolute atomic E-state index is 0.0354. The first-order chi connectivity index (χ1) is 15.4. The lowest BCUT2D eigenvalue weighted by molar-refractivity contribution is -0.113. The number of rotatable bonds is 7. The highest BCUT2D eigenvalue weighted by Crippen LogP contribution is 2.35. The zero-order valence-electron chi connectivity index (χ0n) is 18.4. The number of carbonyl (C=O) groups is 1. The van der Waals surface area contributed by atoms with Gasteiger partial charge in [0.05, 0.1) is 35.0 Å². The number of aryl methyl sites for hydroxylation is 4. The summed E-state index contributed by atoms with van der Waals surface area (Å²) in [6.45, 7) is 4.68. The number of ether oxygens (including phenoxy) is 1. The first-order valence-corrected chi connectivity index (χ1v) is 12.8. The van der Waals surface area contributed by atoms with Gasteiger partial charge in [0.25, 0.3) is 5.56 Å². The van der Waals surface area contributed by atoms with Gasteiger partial charge >= 0.3 is 0 Å². The van der Waals surface area contributed by atoms with Crippen LogP contribution in [0.2, 0.25) is 5.02 Å². The maximum atomic E-state index is 13.4. The van der Waals surface area contributed by atoms with Gasteiger partial charge in [0, 0.05) is 12.0 Å². The zero-order chi connectivity index (χ0) is 22.8. The summed E-state index contributed by atoms with van der Waals surface area (Å²) in [5, 5.41) is 4.71. The van der Waals surface area contributed by atoms with E-state index in [2.05, 4.69) is 5.32 Å². The van der Waals surface area contributed by atoms with Crippen LogP contribution in [0.5, 0.6) is 0 Å². The first kappa shape index (κ1) is 23.3. The summed E-state index contributed by atoms with van der Waals surface area (Å²) >= 11 is 9.20. The van der Waals surface area contributed by atoms with Crippen LogP contribution in [0.1, 0.15) is 34.4 Å². The van der Waals surface area contributed by atoms with Crippen LogP contribution in [0.25, 0.3) is 10.2 Å². The Hall–Kier alpha value is -1.87. The van der Waals surface area contributed by atoms with Crippen LogP contribution in [0.15, 0.2) is 22.1 Å². The lowest BCUT2D eigenvalue weighted by atomic mass is 9.97. The van der Waals surface area contributed by atoms with E-state index >= 15 is 0 Å². The number of hydrogen-bond donors (Lipinski definition) is 1. The summed E-state index contributed by atoms with van der Waals surface area (Å²) in [5.41, 5.74) is 3.70. The third-order valence-corrected chi connectivity index (χ3v) is 8.05. The number of benzene rings is 1. The SMILES string of the molecule is COCCn1c(SCC(=O)Nc2c(C)cc(C)cc2Cl)nc2sc3c(c2c1=O)CCCC3. The van der Waals surface area contributed by atoms with E-state index in [1.165, 1.54) is 22.2 Å². The fourth-order valence-corrected chi connectivity index (χ4v) is 6.59. The Kier molecular flexibility index (Phi) is 7.24. The smallest absolute Gasteiger partial charge is 0.263 e. The number of amides is 1. The van der Waals surface area contributed by atoms with Crippen molar-refractivity contribution in [3.63, 3.8) is 0 Å². The summed E-state index contributed by atoms with van der Waals surface area (Å²) in [6, 6.07) is 3.80. The number of carbonyl (C=O) groups excluding carboxylic acids is 1. The maximum absolute atomic E-state index is 13.4. The summed E-state index contributed by atoms with van der Waals surface area (Å²) in [6.07, 6.45) is 4.20. The van der Waals surface area contributed by atoms with Gasteiger partial charge in [-0.1, -0.05) is 29.4 Å². The maximum Gasteiger partial charge on any atom is 0.263 e. The van der Waals surface area contributed by atoms with E-state index in [0.29, 0.717) is 29.0 Å². The van der Waals surface area contributed by atoms with Crippen LogP contribution in [-0.2, 0) is 28.9 Å². The van der Waals surface area contributed by atoms with Gasteiger partial charge in [-0.05, 0) is 62.3 Å². The summed E-state index contributed by atoms with van der Waals surface area (Å²) in [7, 11) is 1.61. The number of aromatic nitrogens is 2. The molecule has 1 amide bonds. The Morgan fingerprint density at radius 2 is 2.09 bits per heavy atom. The van der Waals surface area contributed by atoms with E-state index in [4.69, 9.17) is 21.3 Å². The zero-order valence-corrected chi connectivity index (χ0v) is 20.8. The van der Waals surface area contributed by atoms with Crippen LogP contribution in [0.4, 0.5) is 5.69 Å². The van der Waals surface area contributed by atoms with Crippen molar-refractivity contribution >= 4 is 56.5 Å². The summed E-state index contributed by atoms with van der Waals surface area (Å²) in [5.74, 6) is -0.0680. The topological polar surface area (TPSA) is 73.2 Å². The van der Waals surface area contributed by atoms with E-state index in [9.17, 15) is 9.59 Å². The highest BCUT2D eigenvalue weighted by Gasteiger charge is 2.22. The molecule has 0 saturated carbocycles. The fourth-order valence-electron chi connectivity index (χ4n) is 4.09. The van der Waals surface area contributed by atoms with Crippen molar-refractivity contribution in [1.82, 2.24) is 9.55 Å². The van der Waals surface area contributed by atoms with Gasteiger partial charge < -0.3 is 10.1 Å². The van der Waals surface area contributed by atoms with Crippen molar-refractivity contribution < 1.29 is 9.53 Å². The molecular weight excluding hydrogens is 466 g/mol. The minimum Gasteiger partial charge on any atom is -0.383 e. The molecule has 1 N–H and O–H groups in total. The summed E-state index contributed by atoms with van der Waals surface area (Å²) in [4.78, 5) is 32.9. The second kappa shape index (κ2) is 9.95. The number of nitrogens with one attached hydrogen (secondary N) is 1. The highest BCUT2D eigenvalue weighted by atomic mass is 35.5. The first-order valence-electron chi connectivity index (χ1n) is 10.6. The van der Waals surface area contributed by atoms with Gasteiger partial charge in [0.1, 0.15) is 4.83 Å². The second-order valence-electron chi connectivity index (χ2n) is 8.01. The molecule has 1 aromatic carbocycles. The van der Waals surface area contributed by atoms with Crippen molar-refractivity contribution in [2.24, 2.45) is 0 Å². The summed E-state index contributed by atoms with van der Waals surface area (Å²) < 4.78 is 6.86. The standard InChI is InChI=1S/C23H26ClN3O3S2/c1-13-10-14(2)20(16(24)11-13)25-18(28)12-31-23-26-21-19(22(29)27(23)8-9-30-3)15-6-4-5-7-17(15)32-21/h10-11H,4-9,12H2,1-3H3,(H,25,28). The number of anilines is 1. The van der Waals surface area contributed by atoms with Gasteiger partial charge in [0.2, 0.25) is 5.91 Å². The molecule has 9 heteroatoms. The minimum atomic E-state index is -0.193. The average Bonchev–Trinajstić information content (AvgIpc) is 3.13. The molecular formula is C23H26ClN3O3S2. The number of thiophene rings is 1. The van der Waals surface area contributed by atoms with Gasteiger partial charge in [-0.3, -0.25) is 14.2 Å². The molecule has 1 aliphatic rings. The number of hydrogen-bond acceptors (Lipinski definition) is 6. The Morgan fingerprint density at radius 1 is 1.31 bits per heavy atom. The van der Waals surface area contributed by atoms with E-state index in [-0.39, 0.29) is 17.2 Å². The number of methoxy groups -OCH3 is 1. The molecule has 6 nitrogen and oxygen atoms in total. The molecule has 1 aliphatic carbocycles. The molecule has 0 radical (unpaired) electrons. The molecule has 170 valence electrons. The van der Waals surface area contributed by atoms with Crippen LogP contribution < -0.4 is 10.9 Å². The molecule has 3 aromatic rings. The van der Waals surface area contributed by atoms with E-state index < -0.39 is 0 Å². The van der Waals surface area contributed by atoms with Crippen molar-refractivity contribution in [3.8, 4) is 0 Å². The van der Waals surface area contributed by atoms with E-state index in [1.807, 2.05) is 26.0 Å². The highest BCUT2D eigenvalue weighted by molar-refractivity contribution is 7.99. The lowest BCUT2D eigenvalue weighted by Crippen LogP contribution is -2.26. The third kappa shape index (κ3) is 4.73. The predicted octanol–water partition coefficient (Wildman–Crippen LogP) is 4.98. The Bertz CT molecular complexity index is 1210. The molecule has 0 saturated heterocycles. The van der Waals surface area contributed by atoms with Gasteiger partial charge in [0.15, 0.2) is 5.16 Å². The van der Waals surface area contributed by atoms with E-state index in [1.54, 1.807) is 23.0 Å². The Balaban J connectivity index is 1.60. The van der Waals surface area contributed by atoms with Crippen molar-refractivity contribution in [2.45, 2.75) is 51.2 Å². The third-order valence-electron chi connectivity index (χ3n) is 5.59. The Labute approximate surface area is 200 Å². The molecule has 2 aromatic heterocycles. The van der Waals surface area contributed by atoms with Gasteiger partial charge in [-0.25, -0.2) is 4.98 Å². The van der Waals surface area contributed by atoms with Crippen LogP contribution in [0, 0.1) is 13.8 Å². The van der Waals surface area contributed by atoms with Crippen LogP contribution in [-0.4, -0.2) is 34.9 Å².